The van der Waals surface area contributed by atoms with Crippen molar-refractivity contribution >= 4 is 0 Å². The fraction of sp³-hybridized carbons (Fsp3) is 0. The number of aromatic amines is 2. The van der Waals surface area contributed by atoms with Crippen LogP contribution in [-0.2, 0) is 0 Å². The van der Waals surface area contributed by atoms with Gasteiger partial charge in [0.25, 0.3) is 0 Å². The van der Waals surface area contributed by atoms with Gasteiger partial charge < -0.3 is 0 Å². The zero-order valence-electron chi connectivity index (χ0n) is 7.83. The molecule has 3 aromatic heterocycles. The van der Waals surface area contributed by atoms with Crippen LogP contribution >= 0.6 is 0 Å². The van der Waals surface area contributed by atoms with E-state index in [1.54, 1.807) is 0 Å². The highest BCUT2D eigenvalue weighted by molar-refractivity contribution is 5.71. The van der Waals surface area contributed by atoms with Crippen LogP contribution in [0.3, 0.4) is 0 Å². The number of H-pyrrole nitrogens is 2. The van der Waals surface area contributed by atoms with E-state index in [2.05, 4.69) is 34.5 Å². The van der Waals surface area contributed by atoms with E-state index in [0.29, 0.717) is 0 Å². The van der Waals surface area contributed by atoms with Gasteiger partial charge in [0.2, 0.25) is 11.4 Å². The van der Waals surface area contributed by atoms with Crippen LogP contribution in [-0.4, -0.2) is 30.9 Å². The Bertz CT molecular complexity index is 695. The van der Waals surface area contributed by atoms with Crippen LogP contribution in [0.5, 0.6) is 0 Å². The zero-order valence-corrected chi connectivity index (χ0v) is 7.83. The number of hydrogen-bond acceptors (Lipinski definition) is 9. The van der Waals surface area contributed by atoms with Crippen molar-refractivity contribution in [2.75, 3.05) is 0 Å². The van der Waals surface area contributed by atoms with Crippen LogP contribution in [0.25, 0.3) is 22.8 Å². The van der Waals surface area contributed by atoms with Crippen molar-refractivity contribution in [3.8, 4) is 22.8 Å². The first kappa shape index (κ1) is 9.26. The molecular formula is C6H2N6O5. The highest BCUT2D eigenvalue weighted by Gasteiger charge is 2.24. The lowest BCUT2D eigenvalue weighted by molar-refractivity contribution is 0.300. The Morgan fingerprint density at radius 2 is 1.18 bits per heavy atom. The molecule has 11 nitrogen and oxygen atoms in total. The third kappa shape index (κ3) is 1.29. The standard InChI is InChI=1S/C6H2N6O5/c13-5-3(9-16-11-5)1-2(8-15-7-1)4-6(14)12-17-10-4/h(H,11,13)(H,12,14). The van der Waals surface area contributed by atoms with Crippen molar-refractivity contribution in [3.63, 3.8) is 0 Å². The first-order valence-corrected chi connectivity index (χ1v) is 4.19. The second-order valence-corrected chi connectivity index (χ2v) is 2.89. The molecule has 2 N–H and O–H groups in total. The monoisotopic (exact) mass is 238 g/mol. The van der Waals surface area contributed by atoms with E-state index in [-0.39, 0.29) is 22.8 Å². The van der Waals surface area contributed by atoms with Gasteiger partial charge in [-0.3, -0.25) is 18.8 Å². The fourth-order valence-electron chi connectivity index (χ4n) is 1.20. The van der Waals surface area contributed by atoms with Crippen LogP contribution in [0.4, 0.5) is 0 Å². The number of rotatable bonds is 2. The molecular weight excluding hydrogens is 236 g/mol. The molecule has 0 fully saturated rings. The molecule has 0 spiro atoms. The Balaban J connectivity index is 2.26. The second kappa shape index (κ2) is 3.26. The summed E-state index contributed by atoms with van der Waals surface area (Å²) in [5, 5.41) is 17.6. The molecule has 0 aliphatic rings. The second-order valence-electron chi connectivity index (χ2n) is 2.89. The highest BCUT2D eigenvalue weighted by atomic mass is 16.6. The lowest BCUT2D eigenvalue weighted by Gasteiger charge is -1.85. The fourth-order valence-corrected chi connectivity index (χ4v) is 1.20. The van der Waals surface area contributed by atoms with Gasteiger partial charge in [-0.25, -0.2) is 4.63 Å². The van der Waals surface area contributed by atoms with E-state index < -0.39 is 11.1 Å². The topological polar surface area (TPSA) is 157 Å². The summed E-state index contributed by atoms with van der Waals surface area (Å²) >= 11 is 0. The Morgan fingerprint density at radius 3 is 1.53 bits per heavy atom. The summed E-state index contributed by atoms with van der Waals surface area (Å²) in [6.07, 6.45) is 0. The zero-order chi connectivity index (χ0) is 11.8. The summed E-state index contributed by atoms with van der Waals surface area (Å²) < 4.78 is 13.1. The number of nitrogens with zero attached hydrogens (tertiary/aromatic N) is 4. The van der Waals surface area contributed by atoms with Gasteiger partial charge in [0.15, 0.2) is 11.4 Å². The van der Waals surface area contributed by atoms with Crippen molar-refractivity contribution in [3.05, 3.63) is 20.7 Å². The summed E-state index contributed by atoms with van der Waals surface area (Å²) in [6, 6.07) is 0. The number of hydrogen-bond donors (Lipinski definition) is 2. The third-order valence-electron chi connectivity index (χ3n) is 1.92. The molecule has 3 heterocycles. The van der Waals surface area contributed by atoms with Gasteiger partial charge in [-0.15, -0.1) is 0 Å². The lowest BCUT2D eigenvalue weighted by Crippen LogP contribution is -2.06. The van der Waals surface area contributed by atoms with Crippen molar-refractivity contribution in [1.29, 1.82) is 0 Å². The predicted octanol–water partition coefficient (Wildman–Crippen LogP) is -1.24. The molecule has 0 aliphatic carbocycles. The van der Waals surface area contributed by atoms with E-state index in [1.165, 1.54) is 0 Å². The van der Waals surface area contributed by atoms with Crippen molar-refractivity contribution in [2.24, 2.45) is 0 Å². The molecule has 17 heavy (non-hydrogen) atoms. The minimum absolute atomic E-state index is 0.0700. The average Bonchev–Trinajstić information content (AvgIpc) is 2.97. The van der Waals surface area contributed by atoms with Crippen molar-refractivity contribution in [2.45, 2.75) is 0 Å². The maximum Gasteiger partial charge on any atom is 0.310 e. The maximum atomic E-state index is 11.3. The first-order chi connectivity index (χ1) is 8.27. The van der Waals surface area contributed by atoms with Crippen molar-refractivity contribution in [1.82, 2.24) is 30.9 Å². The highest BCUT2D eigenvalue weighted by Crippen LogP contribution is 2.21. The van der Waals surface area contributed by atoms with Gasteiger partial charge in [0.05, 0.1) is 0 Å². The van der Waals surface area contributed by atoms with E-state index in [9.17, 15) is 9.59 Å². The summed E-state index contributed by atoms with van der Waals surface area (Å²) in [5.41, 5.74) is -1.77. The van der Waals surface area contributed by atoms with Crippen LogP contribution in [0, 0.1) is 0 Å². The molecule has 0 bridgehead atoms. The van der Waals surface area contributed by atoms with Crippen LogP contribution < -0.4 is 11.1 Å². The van der Waals surface area contributed by atoms with E-state index in [1.807, 2.05) is 10.3 Å². The van der Waals surface area contributed by atoms with E-state index in [4.69, 9.17) is 0 Å². The van der Waals surface area contributed by atoms with Gasteiger partial charge in [-0.1, -0.05) is 0 Å². The number of aromatic nitrogens is 6. The Hall–Kier alpha value is -2.98. The molecule has 0 unspecified atom stereocenters. The Morgan fingerprint density at radius 1 is 0.706 bits per heavy atom. The molecule has 0 saturated carbocycles. The quantitative estimate of drug-likeness (QED) is 0.556. The first-order valence-electron chi connectivity index (χ1n) is 4.19. The average molecular weight is 238 g/mol. The molecule has 3 rings (SSSR count). The Labute approximate surface area is 89.3 Å². The SMILES string of the molecule is O=c1[nH]onc1-c1nonc1-c1no[nH]c1=O. The van der Waals surface area contributed by atoms with Gasteiger partial charge in [0, 0.05) is 0 Å². The Kier molecular flexibility index (Phi) is 1.78. The minimum atomic E-state index is -0.637. The van der Waals surface area contributed by atoms with Gasteiger partial charge >= 0.3 is 11.1 Å². The van der Waals surface area contributed by atoms with Crippen molar-refractivity contribution < 1.29 is 13.9 Å². The predicted molar refractivity (Wildman–Crippen MR) is 46.5 cm³/mol. The van der Waals surface area contributed by atoms with Crippen LogP contribution in [0.15, 0.2) is 23.5 Å². The largest absolute Gasteiger partial charge is 0.310 e. The molecule has 0 radical (unpaired) electrons. The lowest BCUT2D eigenvalue weighted by atomic mass is 10.2. The molecule has 86 valence electrons. The normalized spacial score (nSPS) is 10.8. The summed E-state index contributed by atoms with van der Waals surface area (Å²) in [5.74, 6) is 0. The molecule has 0 aliphatic heterocycles. The number of nitrogens with one attached hydrogen (secondary N) is 2. The van der Waals surface area contributed by atoms with Crippen LogP contribution in [0.1, 0.15) is 0 Å². The third-order valence-corrected chi connectivity index (χ3v) is 1.92. The van der Waals surface area contributed by atoms with E-state index in [0.717, 1.165) is 0 Å². The van der Waals surface area contributed by atoms with Gasteiger partial charge in [-0.05, 0) is 20.6 Å². The maximum absolute atomic E-state index is 11.3. The summed E-state index contributed by atoms with van der Waals surface area (Å²) in [7, 11) is 0. The molecule has 0 atom stereocenters. The molecule has 0 aromatic carbocycles. The molecule has 0 saturated heterocycles. The van der Waals surface area contributed by atoms with Crippen LogP contribution in [0.2, 0.25) is 0 Å². The smallest absolute Gasteiger partial charge is 0.267 e. The molecule has 11 heteroatoms. The molecule has 0 amide bonds. The minimum Gasteiger partial charge on any atom is -0.267 e. The molecule has 3 aromatic rings. The van der Waals surface area contributed by atoms with Gasteiger partial charge in [-0.2, -0.15) is 10.3 Å². The van der Waals surface area contributed by atoms with Gasteiger partial charge in [0.1, 0.15) is 0 Å². The summed E-state index contributed by atoms with van der Waals surface area (Å²) in [4.78, 5) is 22.5. The summed E-state index contributed by atoms with van der Waals surface area (Å²) in [6.45, 7) is 0. The van der Waals surface area contributed by atoms with E-state index >= 15 is 0 Å².